The van der Waals surface area contributed by atoms with Gasteiger partial charge in [-0.1, -0.05) is 6.07 Å². The molecule has 86 valence electrons. The fourth-order valence-corrected chi connectivity index (χ4v) is 1.51. The summed E-state index contributed by atoms with van der Waals surface area (Å²) in [7, 11) is 0. The van der Waals surface area contributed by atoms with Gasteiger partial charge < -0.3 is 10.8 Å². The van der Waals surface area contributed by atoms with Crippen LogP contribution in [0.5, 0.6) is 5.75 Å². The molecule has 1 aromatic rings. The zero-order valence-corrected chi connectivity index (χ0v) is 10.3. The summed E-state index contributed by atoms with van der Waals surface area (Å²) in [5.74, 6) is 0.367. The Bertz CT molecular complexity index is 434. The van der Waals surface area contributed by atoms with Crippen LogP contribution in [-0.2, 0) is 5.88 Å². The van der Waals surface area contributed by atoms with Gasteiger partial charge in [0.05, 0.1) is 12.1 Å². The molecule has 0 saturated heterocycles. The SMILES string of the molecule is Cc1cc(C=NNC(N)=S)c(O)c(CCl)c1. The number of phenols is 1. The van der Waals surface area contributed by atoms with Crippen molar-refractivity contribution in [3.05, 3.63) is 28.8 Å². The molecule has 4 N–H and O–H groups in total. The van der Waals surface area contributed by atoms with E-state index in [0.717, 1.165) is 5.56 Å². The summed E-state index contributed by atoms with van der Waals surface area (Å²) in [6.07, 6.45) is 1.44. The molecule has 0 bridgehead atoms. The first-order valence-electron chi connectivity index (χ1n) is 4.51. The highest BCUT2D eigenvalue weighted by molar-refractivity contribution is 7.80. The number of nitrogens with one attached hydrogen (secondary N) is 1. The molecule has 0 aliphatic heterocycles. The lowest BCUT2D eigenvalue weighted by Crippen LogP contribution is -2.24. The minimum absolute atomic E-state index is 0.0703. The Kier molecular flexibility index (Phi) is 4.52. The zero-order valence-electron chi connectivity index (χ0n) is 8.70. The Labute approximate surface area is 104 Å². The van der Waals surface area contributed by atoms with Crippen LogP contribution in [0.25, 0.3) is 0 Å². The van der Waals surface area contributed by atoms with Crippen molar-refractivity contribution >= 4 is 35.1 Å². The third-order valence-electron chi connectivity index (χ3n) is 1.89. The highest BCUT2D eigenvalue weighted by atomic mass is 35.5. The van der Waals surface area contributed by atoms with Gasteiger partial charge >= 0.3 is 0 Å². The van der Waals surface area contributed by atoms with Crippen LogP contribution in [0.1, 0.15) is 16.7 Å². The summed E-state index contributed by atoms with van der Waals surface area (Å²) in [5.41, 5.74) is 9.84. The Morgan fingerprint density at radius 2 is 2.38 bits per heavy atom. The fourth-order valence-electron chi connectivity index (χ4n) is 1.25. The van der Waals surface area contributed by atoms with E-state index in [1.165, 1.54) is 6.21 Å². The molecule has 0 aromatic heterocycles. The first-order valence-corrected chi connectivity index (χ1v) is 5.46. The molecule has 0 aliphatic rings. The minimum atomic E-state index is 0.0703. The van der Waals surface area contributed by atoms with Crippen LogP contribution in [-0.4, -0.2) is 16.4 Å². The maximum atomic E-state index is 9.81. The number of halogens is 1. The number of aryl methyl sites for hydroxylation is 1. The van der Waals surface area contributed by atoms with Crippen LogP contribution in [0.4, 0.5) is 0 Å². The van der Waals surface area contributed by atoms with Crippen LogP contribution < -0.4 is 11.2 Å². The standard InChI is InChI=1S/C10H12ClN3OS/c1-6-2-7(4-11)9(15)8(3-6)5-13-14-10(12)16/h2-3,5,15H,4H2,1H3,(H3,12,14,16). The molecule has 0 atom stereocenters. The van der Waals surface area contributed by atoms with E-state index in [2.05, 4.69) is 22.7 Å². The lowest BCUT2D eigenvalue weighted by molar-refractivity contribution is 0.469. The van der Waals surface area contributed by atoms with Crippen LogP contribution in [0, 0.1) is 6.92 Å². The summed E-state index contributed by atoms with van der Waals surface area (Å²) in [4.78, 5) is 0. The van der Waals surface area contributed by atoms with Crippen molar-refractivity contribution < 1.29 is 5.11 Å². The van der Waals surface area contributed by atoms with Gasteiger partial charge in [0.1, 0.15) is 5.75 Å². The van der Waals surface area contributed by atoms with Gasteiger partial charge in [-0.15, -0.1) is 11.6 Å². The lowest BCUT2D eigenvalue weighted by atomic mass is 10.1. The van der Waals surface area contributed by atoms with E-state index in [-0.39, 0.29) is 16.7 Å². The Balaban J connectivity index is 2.99. The van der Waals surface area contributed by atoms with E-state index in [1.807, 2.05) is 13.0 Å². The second-order valence-corrected chi connectivity index (χ2v) is 3.94. The van der Waals surface area contributed by atoms with Crippen molar-refractivity contribution in [1.29, 1.82) is 0 Å². The molecule has 0 amide bonds. The Hall–Kier alpha value is -1.33. The summed E-state index contributed by atoms with van der Waals surface area (Å²) in [6, 6.07) is 3.61. The van der Waals surface area contributed by atoms with E-state index in [4.69, 9.17) is 17.3 Å². The fraction of sp³-hybridized carbons (Fsp3) is 0.200. The van der Waals surface area contributed by atoms with Gasteiger partial charge in [-0.05, 0) is 30.8 Å². The number of hydrazone groups is 1. The van der Waals surface area contributed by atoms with E-state index in [9.17, 15) is 5.11 Å². The van der Waals surface area contributed by atoms with Gasteiger partial charge in [-0.3, -0.25) is 5.43 Å². The van der Waals surface area contributed by atoms with Gasteiger partial charge in [-0.2, -0.15) is 5.10 Å². The quantitative estimate of drug-likeness (QED) is 0.333. The zero-order chi connectivity index (χ0) is 12.1. The average Bonchev–Trinajstić information content (AvgIpc) is 2.22. The van der Waals surface area contributed by atoms with E-state index in [1.54, 1.807) is 6.07 Å². The van der Waals surface area contributed by atoms with Gasteiger partial charge in [0.2, 0.25) is 0 Å². The van der Waals surface area contributed by atoms with Gasteiger partial charge in [0.25, 0.3) is 0 Å². The second kappa shape index (κ2) is 5.67. The van der Waals surface area contributed by atoms with Crippen molar-refractivity contribution in [2.75, 3.05) is 0 Å². The number of rotatable bonds is 3. The Morgan fingerprint density at radius 1 is 1.69 bits per heavy atom. The number of aromatic hydroxyl groups is 1. The van der Waals surface area contributed by atoms with E-state index in [0.29, 0.717) is 11.1 Å². The van der Waals surface area contributed by atoms with Crippen molar-refractivity contribution in [3.63, 3.8) is 0 Å². The molecule has 1 aromatic carbocycles. The predicted molar refractivity (Wildman–Crippen MR) is 69.9 cm³/mol. The van der Waals surface area contributed by atoms with Crippen molar-refractivity contribution in [3.8, 4) is 5.75 Å². The van der Waals surface area contributed by atoms with Crippen molar-refractivity contribution in [2.45, 2.75) is 12.8 Å². The smallest absolute Gasteiger partial charge is 0.184 e. The number of nitrogens with two attached hydrogens (primary N) is 1. The van der Waals surface area contributed by atoms with E-state index >= 15 is 0 Å². The predicted octanol–water partition coefficient (Wildman–Crippen LogP) is 1.61. The van der Waals surface area contributed by atoms with E-state index < -0.39 is 0 Å². The maximum absolute atomic E-state index is 9.81. The largest absolute Gasteiger partial charge is 0.507 e. The number of benzene rings is 1. The summed E-state index contributed by atoms with van der Waals surface area (Å²) >= 11 is 10.3. The summed E-state index contributed by atoms with van der Waals surface area (Å²) in [5, 5.41) is 13.7. The molecule has 0 unspecified atom stereocenters. The van der Waals surface area contributed by atoms with Crippen molar-refractivity contribution in [1.82, 2.24) is 5.43 Å². The third-order valence-corrected chi connectivity index (χ3v) is 2.26. The topological polar surface area (TPSA) is 70.6 Å². The molecule has 4 nitrogen and oxygen atoms in total. The molecule has 0 radical (unpaired) electrons. The molecule has 0 saturated carbocycles. The molecule has 0 heterocycles. The van der Waals surface area contributed by atoms with Crippen LogP contribution >= 0.6 is 23.8 Å². The highest BCUT2D eigenvalue weighted by Gasteiger charge is 2.05. The van der Waals surface area contributed by atoms with Gasteiger partial charge in [0.15, 0.2) is 5.11 Å². The minimum Gasteiger partial charge on any atom is -0.507 e. The molecule has 0 fully saturated rings. The average molecular weight is 258 g/mol. The monoisotopic (exact) mass is 257 g/mol. The second-order valence-electron chi connectivity index (χ2n) is 3.23. The number of alkyl halides is 1. The van der Waals surface area contributed by atoms with Crippen LogP contribution in [0.3, 0.4) is 0 Å². The number of thiocarbonyl (C=S) groups is 1. The number of hydrogen-bond acceptors (Lipinski definition) is 3. The molecular formula is C10H12ClN3OS. The summed E-state index contributed by atoms with van der Waals surface area (Å²) in [6.45, 7) is 1.91. The molecule has 6 heteroatoms. The number of nitrogens with zero attached hydrogens (tertiary/aromatic N) is 1. The molecule has 1 rings (SSSR count). The van der Waals surface area contributed by atoms with Gasteiger partial charge in [-0.25, -0.2) is 0 Å². The Morgan fingerprint density at radius 3 is 2.94 bits per heavy atom. The van der Waals surface area contributed by atoms with Crippen LogP contribution in [0.15, 0.2) is 17.2 Å². The third kappa shape index (κ3) is 3.36. The lowest BCUT2D eigenvalue weighted by Gasteiger charge is -2.06. The number of hydrogen-bond donors (Lipinski definition) is 3. The van der Waals surface area contributed by atoms with Gasteiger partial charge in [0, 0.05) is 11.1 Å². The first-order chi connectivity index (χ1) is 7.54. The summed E-state index contributed by atoms with van der Waals surface area (Å²) < 4.78 is 0. The number of phenolic OH excluding ortho intramolecular Hbond substituents is 1. The normalized spacial score (nSPS) is 10.6. The van der Waals surface area contributed by atoms with Crippen LogP contribution in [0.2, 0.25) is 0 Å². The molecule has 16 heavy (non-hydrogen) atoms. The highest BCUT2D eigenvalue weighted by Crippen LogP contribution is 2.24. The van der Waals surface area contributed by atoms with Crippen molar-refractivity contribution in [2.24, 2.45) is 10.8 Å². The maximum Gasteiger partial charge on any atom is 0.184 e. The molecule has 0 spiro atoms. The molecular weight excluding hydrogens is 246 g/mol. The molecule has 0 aliphatic carbocycles. The first kappa shape index (κ1) is 12.7.